The van der Waals surface area contributed by atoms with Crippen molar-refractivity contribution < 1.29 is 0 Å². The maximum Gasteiger partial charge on any atom is 0.180 e. The van der Waals surface area contributed by atoms with Crippen LogP contribution in [0.15, 0.2) is 73.6 Å². The number of aromatic amines is 1. The van der Waals surface area contributed by atoms with E-state index in [9.17, 15) is 0 Å². The van der Waals surface area contributed by atoms with Gasteiger partial charge in [-0.3, -0.25) is 9.50 Å². The summed E-state index contributed by atoms with van der Waals surface area (Å²) in [6, 6.07) is 11.8. The van der Waals surface area contributed by atoms with Crippen molar-refractivity contribution in [3.05, 3.63) is 73.6 Å². The Balaban J connectivity index is 0.000000932. The first kappa shape index (κ1) is 17.5. The van der Waals surface area contributed by atoms with E-state index >= 15 is 0 Å². The number of rotatable bonds is 4. The number of anilines is 2. The summed E-state index contributed by atoms with van der Waals surface area (Å²) in [7, 11) is 0. The van der Waals surface area contributed by atoms with Gasteiger partial charge < -0.3 is 5.32 Å². The fourth-order valence-electron chi connectivity index (χ4n) is 2.91. The fourth-order valence-corrected chi connectivity index (χ4v) is 2.91. The quantitative estimate of drug-likeness (QED) is 0.496. The van der Waals surface area contributed by atoms with Crippen LogP contribution >= 0.6 is 0 Å². The number of H-pyrrole nitrogens is 1. The zero-order valence-electron chi connectivity index (χ0n) is 15.6. The molecule has 28 heavy (non-hydrogen) atoms. The molecule has 140 valence electrons. The Morgan fingerprint density at radius 2 is 1.82 bits per heavy atom. The maximum absolute atomic E-state index is 4.52. The molecular formula is C20H20N8. The molecule has 5 aromatic rings. The third kappa shape index (κ3) is 3.11. The van der Waals surface area contributed by atoms with E-state index in [1.54, 1.807) is 18.6 Å². The number of hydrogen-bond donors (Lipinski definition) is 2. The van der Waals surface area contributed by atoms with Crippen molar-refractivity contribution in [3.8, 4) is 16.9 Å². The highest BCUT2D eigenvalue weighted by molar-refractivity contribution is 5.73. The zero-order valence-corrected chi connectivity index (χ0v) is 15.6. The van der Waals surface area contributed by atoms with Crippen LogP contribution in [0.25, 0.3) is 22.6 Å². The van der Waals surface area contributed by atoms with Crippen molar-refractivity contribution in [2.75, 3.05) is 5.32 Å². The van der Waals surface area contributed by atoms with Gasteiger partial charge in [0.2, 0.25) is 0 Å². The summed E-state index contributed by atoms with van der Waals surface area (Å²) in [6.07, 6.45) is 10.8. The zero-order chi connectivity index (χ0) is 19.3. The van der Waals surface area contributed by atoms with Gasteiger partial charge in [-0.15, -0.1) is 0 Å². The standard InChI is InChI=1S/C18H14N8.C2H6/c1-2-4-14(5-3-1)26-16(6-7-23-26)24-17-18-20-12-15(13-10-21-22-11-13)25(18)9-8-19-17;1-2/h1-12H,(H,19,24)(H,21,22);1-2H3. The summed E-state index contributed by atoms with van der Waals surface area (Å²) in [4.78, 5) is 8.98. The Hall–Kier alpha value is -3.94. The van der Waals surface area contributed by atoms with Gasteiger partial charge in [-0.1, -0.05) is 32.0 Å². The van der Waals surface area contributed by atoms with E-state index in [2.05, 4.69) is 30.6 Å². The van der Waals surface area contributed by atoms with Crippen molar-refractivity contribution >= 4 is 17.3 Å². The van der Waals surface area contributed by atoms with E-state index in [0.717, 1.165) is 28.4 Å². The summed E-state index contributed by atoms with van der Waals surface area (Å²) in [5.74, 6) is 1.46. The smallest absolute Gasteiger partial charge is 0.180 e. The average molecular weight is 372 g/mol. The van der Waals surface area contributed by atoms with Crippen LogP contribution in [0.4, 0.5) is 11.6 Å². The number of nitrogens with zero attached hydrogens (tertiary/aromatic N) is 6. The van der Waals surface area contributed by atoms with E-state index in [-0.39, 0.29) is 0 Å². The van der Waals surface area contributed by atoms with Crippen LogP contribution in [0.5, 0.6) is 0 Å². The third-order valence-electron chi connectivity index (χ3n) is 4.11. The molecule has 0 saturated carbocycles. The van der Waals surface area contributed by atoms with Crippen molar-refractivity contribution in [1.29, 1.82) is 0 Å². The van der Waals surface area contributed by atoms with E-state index in [1.807, 2.05) is 77.9 Å². The average Bonchev–Trinajstić information content (AvgIpc) is 3.51. The molecule has 0 unspecified atom stereocenters. The minimum atomic E-state index is 0.653. The molecule has 0 amide bonds. The lowest BCUT2D eigenvalue weighted by molar-refractivity contribution is 0.886. The van der Waals surface area contributed by atoms with E-state index in [4.69, 9.17) is 0 Å². The molecule has 8 heteroatoms. The first-order valence-electron chi connectivity index (χ1n) is 9.08. The maximum atomic E-state index is 4.52. The Morgan fingerprint density at radius 3 is 2.61 bits per heavy atom. The third-order valence-corrected chi connectivity index (χ3v) is 4.11. The summed E-state index contributed by atoms with van der Waals surface area (Å²) in [6.45, 7) is 4.00. The van der Waals surface area contributed by atoms with Crippen molar-refractivity contribution in [2.24, 2.45) is 0 Å². The lowest BCUT2D eigenvalue weighted by Gasteiger charge is -2.10. The summed E-state index contributed by atoms with van der Waals surface area (Å²) >= 11 is 0. The molecule has 0 atom stereocenters. The molecule has 0 spiro atoms. The van der Waals surface area contributed by atoms with Crippen molar-refractivity contribution in [3.63, 3.8) is 0 Å². The number of aromatic nitrogens is 7. The van der Waals surface area contributed by atoms with Gasteiger partial charge in [-0.25, -0.2) is 14.6 Å². The number of nitrogens with one attached hydrogen (secondary N) is 2. The summed E-state index contributed by atoms with van der Waals surface area (Å²) < 4.78 is 3.80. The SMILES string of the molecule is CC.c1ccc(-n2nccc2Nc2nccn3c(-c4cn[nH]c4)cnc23)cc1. The van der Waals surface area contributed by atoms with Gasteiger partial charge >= 0.3 is 0 Å². The van der Waals surface area contributed by atoms with Crippen molar-refractivity contribution in [1.82, 2.24) is 34.3 Å². The van der Waals surface area contributed by atoms with E-state index < -0.39 is 0 Å². The number of imidazole rings is 1. The molecule has 0 bridgehead atoms. The normalized spacial score (nSPS) is 10.5. The Morgan fingerprint density at radius 1 is 0.964 bits per heavy atom. The molecule has 0 aliphatic heterocycles. The Labute approximate surface area is 161 Å². The monoisotopic (exact) mass is 372 g/mol. The van der Waals surface area contributed by atoms with Gasteiger partial charge in [0.15, 0.2) is 11.5 Å². The summed E-state index contributed by atoms with van der Waals surface area (Å²) in [5.41, 5.74) is 3.60. The van der Waals surface area contributed by atoms with Crippen LogP contribution in [-0.4, -0.2) is 34.3 Å². The Bertz CT molecular complexity index is 1160. The minimum absolute atomic E-state index is 0.653. The molecule has 2 N–H and O–H groups in total. The first-order chi connectivity index (χ1) is 13.9. The lowest BCUT2D eigenvalue weighted by atomic mass is 10.3. The number of fused-ring (bicyclic) bond motifs is 1. The lowest BCUT2D eigenvalue weighted by Crippen LogP contribution is -2.04. The van der Waals surface area contributed by atoms with E-state index in [0.29, 0.717) is 5.82 Å². The van der Waals surface area contributed by atoms with Gasteiger partial charge in [-0.05, 0) is 12.1 Å². The number of benzene rings is 1. The molecule has 5 rings (SSSR count). The molecule has 1 aromatic carbocycles. The van der Waals surface area contributed by atoms with Gasteiger partial charge in [0, 0.05) is 30.2 Å². The second-order valence-electron chi connectivity index (χ2n) is 5.69. The topological polar surface area (TPSA) is 88.7 Å². The molecule has 8 nitrogen and oxygen atoms in total. The number of para-hydroxylation sites is 1. The van der Waals surface area contributed by atoms with Crippen LogP contribution in [0, 0.1) is 0 Å². The molecule has 4 aromatic heterocycles. The number of hydrogen-bond acceptors (Lipinski definition) is 5. The predicted octanol–water partition coefficient (Wildman–Crippen LogP) is 4.07. The minimum Gasteiger partial charge on any atom is -0.322 e. The molecule has 0 aliphatic carbocycles. The van der Waals surface area contributed by atoms with Crippen LogP contribution < -0.4 is 5.32 Å². The highest BCUT2D eigenvalue weighted by Crippen LogP contribution is 2.25. The first-order valence-corrected chi connectivity index (χ1v) is 9.08. The largest absolute Gasteiger partial charge is 0.322 e. The highest BCUT2D eigenvalue weighted by Gasteiger charge is 2.13. The van der Waals surface area contributed by atoms with Gasteiger partial charge in [0.25, 0.3) is 0 Å². The Kier molecular flexibility index (Phi) is 4.83. The van der Waals surface area contributed by atoms with Crippen LogP contribution in [-0.2, 0) is 0 Å². The molecule has 0 fully saturated rings. The van der Waals surface area contributed by atoms with E-state index in [1.165, 1.54) is 0 Å². The molecule has 4 heterocycles. The van der Waals surface area contributed by atoms with Gasteiger partial charge in [0.05, 0.1) is 30.0 Å². The van der Waals surface area contributed by atoms with Crippen LogP contribution in [0.3, 0.4) is 0 Å². The second-order valence-corrected chi connectivity index (χ2v) is 5.69. The molecule has 0 saturated heterocycles. The second kappa shape index (κ2) is 7.75. The van der Waals surface area contributed by atoms with Gasteiger partial charge in [0.1, 0.15) is 5.82 Å². The molecular weight excluding hydrogens is 352 g/mol. The van der Waals surface area contributed by atoms with Crippen LogP contribution in [0.2, 0.25) is 0 Å². The van der Waals surface area contributed by atoms with Crippen molar-refractivity contribution in [2.45, 2.75) is 13.8 Å². The predicted molar refractivity (Wildman–Crippen MR) is 109 cm³/mol. The molecule has 0 aliphatic rings. The highest BCUT2D eigenvalue weighted by atomic mass is 15.3. The van der Waals surface area contributed by atoms with Gasteiger partial charge in [-0.2, -0.15) is 10.2 Å². The molecule has 0 radical (unpaired) electrons. The fraction of sp³-hybridized carbons (Fsp3) is 0.100. The summed E-state index contributed by atoms with van der Waals surface area (Å²) in [5, 5.41) is 14.6. The van der Waals surface area contributed by atoms with Crippen LogP contribution in [0.1, 0.15) is 13.8 Å².